The molecule has 0 radical (unpaired) electrons. The van der Waals surface area contributed by atoms with Gasteiger partial charge in [0.2, 0.25) is 0 Å². The Bertz CT molecular complexity index is 592. The molecule has 0 amide bonds. The smallest absolute Gasteiger partial charge is 0.333 e. The van der Waals surface area contributed by atoms with E-state index < -0.39 is 27.6 Å². The highest BCUT2D eigenvalue weighted by Crippen LogP contribution is 2.17. The first-order chi connectivity index (χ1) is 9.22. The first-order valence-corrected chi connectivity index (χ1v) is 6.96. The van der Waals surface area contributed by atoms with Gasteiger partial charge in [0.05, 0.1) is 15.9 Å². The number of carbonyl (C=O) groups excluding carboxylic acids is 1. The maximum Gasteiger partial charge on any atom is 0.333 e. The number of nitrogens with zero attached hydrogens (tertiary/aromatic N) is 1. The Labute approximate surface area is 115 Å². The summed E-state index contributed by atoms with van der Waals surface area (Å²) < 4.78 is 32.6. The summed E-state index contributed by atoms with van der Waals surface area (Å²) in [5.41, 5.74) is -0.247. The molecule has 0 spiro atoms. The minimum absolute atomic E-state index is 0.247. The van der Waals surface area contributed by atoms with Gasteiger partial charge in [0.1, 0.15) is 0 Å². The zero-order valence-corrected chi connectivity index (χ0v) is 11.6. The number of carbonyl (C=O) groups is 1. The van der Waals surface area contributed by atoms with E-state index in [1.807, 2.05) is 0 Å². The maximum absolute atomic E-state index is 11.7. The van der Waals surface area contributed by atoms with Crippen molar-refractivity contribution < 1.29 is 27.1 Å². The fourth-order valence-electron chi connectivity index (χ4n) is 1.23. The number of hydrogen-bond donors (Lipinski definition) is 0. The summed E-state index contributed by atoms with van der Waals surface area (Å²) in [6.07, 6.45) is -0.381. The summed E-state index contributed by atoms with van der Waals surface area (Å²) in [5.74, 6) is -0.814. The monoisotopic (exact) mass is 303 g/mol. The highest BCUT2D eigenvalue weighted by atomic mass is 32.2. The van der Waals surface area contributed by atoms with Crippen LogP contribution in [-0.2, 0) is 23.8 Å². The van der Waals surface area contributed by atoms with E-state index in [4.69, 9.17) is 4.74 Å². The van der Waals surface area contributed by atoms with Crippen LogP contribution in [0.1, 0.15) is 13.8 Å². The van der Waals surface area contributed by atoms with Gasteiger partial charge in [0, 0.05) is 12.1 Å². The van der Waals surface area contributed by atoms with E-state index in [1.54, 1.807) is 13.8 Å². The molecule has 0 unspecified atom stereocenters. The van der Waals surface area contributed by atoms with Crippen LogP contribution in [0, 0.1) is 10.1 Å². The second kappa shape index (κ2) is 6.44. The van der Waals surface area contributed by atoms with Gasteiger partial charge in [-0.3, -0.25) is 14.3 Å². The number of nitro benzene ring substituents is 1. The lowest BCUT2D eigenvalue weighted by Crippen LogP contribution is -2.19. The SMILES string of the molecule is CC(C)OC(=O)COS(=O)(=O)c1ccc([N+](=O)[O-])cc1. The maximum atomic E-state index is 11.7. The molecular weight excluding hydrogens is 290 g/mol. The first-order valence-electron chi connectivity index (χ1n) is 5.56. The normalized spacial score (nSPS) is 11.3. The highest BCUT2D eigenvalue weighted by molar-refractivity contribution is 7.86. The van der Waals surface area contributed by atoms with E-state index in [1.165, 1.54) is 0 Å². The zero-order chi connectivity index (χ0) is 15.3. The Morgan fingerprint density at radius 1 is 1.30 bits per heavy atom. The van der Waals surface area contributed by atoms with Crippen molar-refractivity contribution in [1.82, 2.24) is 0 Å². The standard InChI is InChI=1S/C11H13NO7S/c1-8(2)19-11(13)7-18-20(16,17)10-5-3-9(4-6-10)12(14)15/h3-6,8H,7H2,1-2H3. The molecule has 0 aliphatic carbocycles. The second-order valence-electron chi connectivity index (χ2n) is 4.01. The highest BCUT2D eigenvalue weighted by Gasteiger charge is 2.19. The van der Waals surface area contributed by atoms with Crippen LogP contribution in [0.4, 0.5) is 5.69 Å². The van der Waals surface area contributed by atoms with Crippen LogP contribution in [0.25, 0.3) is 0 Å². The van der Waals surface area contributed by atoms with Crippen molar-refractivity contribution in [2.45, 2.75) is 24.8 Å². The van der Waals surface area contributed by atoms with Gasteiger partial charge in [0.15, 0.2) is 6.61 Å². The van der Waals surface area contributed by atoms with Gasteiger partial charge in [-0.25, -0.2) is 4.79 Å². The Kier molecular flexibility index (Phi) is 5.17. The Morgan fingerprint density at radius 2 is 1.85 bits per heavy atom. The average molecular weight is 303 g/mol. The minimum Gasteiger partial charge on any atom is -0.461 e. The van der Waals surface area contributed by atoms with Crippen LogP contribution in [0.5, 0.6) is 0 Å². The van der Waals surface area contributed by atoms with Crippen molar-refractivity contribution in [2.24, 2.45) is 0 Å². The summed E-state index contributed by atoms with van der Waals surface area (Å²) in [7, 11) is -4.16. The largest absolute Gasteiger partial charge is 0.461 e. The quantitative estimate of drug-likeness (QED) is 0.336. The molecule has 0 aromatic heterocycles. The van der Waals surface area contributed by atoms with Crippen LogP contribution < -0.4 is 0 Å². The summed E-state index contributed by atoms with van der Waals surface area (Å²) in [4.78, 5) is 20.7. The summed E-state index contributed by atoms with van der Waals surface area (Å²) in [5, 5.41) is 10.4. The molecule has 0 saturated heterocycles. The molecule has 0 heterocycles. The van der Waals surface area contributed by atoms with Crippen molar-refractivity contribution in [1.29, 1.82) is 0 Å². The van der Waals surface area contributed by atoms with Crippen LogP contribution in [0.2, 0.25) is 0 Å². The molecule has 0 bridgehead atoms. The number of non-ortho nitro benzene ring substituents is 1. The lowest BCUT2D eigenvalue weighted by molar-refractivity contribution is -0.384. The van der Waals surface area contributed by atoms with Crippen LogP contribution in [0.15, 0.2) is 29.2 Å². The Balaban J connectivity index is 2.74. The molecule has 0 aliphatic heterocycles. The number of nitro groups is 1. The van der Waals surface area contributed by atoms with E-state index in [0.29, 0.717) is 0 Å². The third-order valence-electron chi connectivity index (χ3n) is 2.04. The van der Waals surface area contributed by atoms with Crippen LogP contribution >= 0.6 is 0 Å². The second-order valence-corrected chi connectivity index (χ2v) is 5.62. The first kappa shape index (κ1) is 16.1. The van der Waals surface area contributed by atoms with E-state index >= 15 is 0 Å². The zero-order valence-electron chi connectivity index (χ0n) is 10.8. The van der Waals surface area contributed by atoms with Gasteiger partial charge < -0.3 is 4.74 Å². The van der Waals surface area contributed by atoms with Gasteiger partial charge in [0.25, 0.3) is 15.8 Å². The Hall–Kier alpha value is -2.00. The number of esters is 1. The van der Waals surface area contributed by atoms with Crippen LogP contribution in [-0.4, -0.2) is 32.0 Å². The molecule has 9 heteroatoms. The molecule has 0 N–H and O–H groups in total. The lowest BCUT2D eigenvalue weighted by atomic mass is 10.3. The van der Waals surface area contributed by atoms with E-state index in [-0.39, 0.29) is 16.7 Å². The molecule has 0 saturated carbocycles. The van der Waals surface area contributed by atoms with Crippen molar-refractivity contribution in [3.63, 3.8) is 0 Å². The van der Waals surface area contributed by atoms with Gasteiger partial charge in [-0.15, -0.1) is 0 Å². The summed E-state index contributed by atoms with van der Waals surface area (Å²) in [6, 6.07) is 4.12. The molecule has 1 aromatic rings. The van der Waals surface area contributed by atoms with Crippen molar-refractivity contribution in [3.8, 4) is 0 Å². The molecule has 0 fully saturated rings. The molecule has 1 rings (SSSR count). The number of ether oxygens (including phenoxy) is 1. The van der Waals surface area contributed by atoms with Gasteiger partial charge >= 0.3 is 5.97 Å². The number of rotatable bonds is 6. The third-order valence-corrected chi connectivity index (χ3v) is 3.31. The van der Waals surface area contributed by atoms with Gasteiger partial charge in [-0.1, -0.05) is 0 Å². The molecule has 8 nitrogen and oxygen atoms in total. The van der Waals surface area contributed by atoms with E-state index in [9.17, 15) is 23.3 Å². The fraction of sp³-hybridized carbons (Fsp3) is 0.364. The van der Waals surface area contributed by atoms with Crippen molar-refractivity contribution in [3.05, 3.63) is 34.4 Å². The fourth-order valence-corrected chi connectivity index (χ4v) is 2.08. The predicted molar refractivity (Wildman–Crippen MR) is 67.5 cm³/mol. The third kappa shape index (κ3) is 4.59. The van der Waals surface area contributed by atoms with Crippen molar-refractivity contribution in [2.75, 3.05) is 6.61 Å². The van der Waals surface area contributed by atoms with Gasteiger partial charge in [-0.05, 0) is 26.0 Å². The van der Waals surface area contributed by atoms with E-state index in [0.717, 1.165) is 24.3 Å². The van der Waals surface area contributed by atoms with Crippen molar-refractivity contribution >= 4 is 21.8 Å². The Morgan fingerprint density at radius 3 is 2.30 bits per heavy atom. The average Bonchev–Trinajstić information content (AvgIpc) is 2.36. The molecule has 0 atom stereocenters. The molecular formula is C11H13NO7S. The van der Waals surface area contributed by atoms with Crippen LogP contribution in [0.3, 0.4) is 0 Å². The molecule has 20 heavy (non-hydrogen) atoms. The predicted octanol–water partition coefficient (Wildman–Crippen LogP) is 1.25. The molecule has 0 aliphatic rings. The molecule has 1 aromatic carbocycles. The number of benzene rings is 1. The topological polar surface area (TPSA) is 113 Å². The van der Waals surface area contributed by atoms with E-state index in [2.05, 4.69) is 4.18 Å². The summed E-state index contributed by atoms with van der Waals surface area (Å²) >= 11 is 0. The minimum atomic E-state index is -4.16. The molecule has 110 valence electrons. The van der Waals surface area contributed by atoms with Gasteiger partial charge in [-0.2, -0.15) is 8.42 Å². The number of hydrogen-bond acceptors (Lipinski definition) is 7. The summed E-state index contributed by atoms with van der Waals surface area (Å²) in [6.45, 7) is 2.48. The lowest BCUT2D eigenvalue weighted by Gasteiger charge is -2.08.